The highest BCUT2D eigenvalue weighted by atomic mass is 79.9. The van der Waals surface area contributed by atoms with Gasteiger partial charge in [-0.2, -0.15) is 11.8 Å². The molecule has 15 heavy (non-hydrogen) atoms. The quantitative estimate of drug-likeness (QED) is 0.899. The molecule has 1 atom stereocenters. The Bertz CT molecular complexity index is 319. The molecule has 1 N–H and O–H groups in total. The maximum atomic E-state index is 13.4. The lowest BCUT2D eigenvalue weighted by Crippen LogP contribution is -2.12. The van der Waals surface area contributed by atoms with Crippen LogP contribution in [-0.4, -0.2) is 23.2 Å². The minimum Gasteiger partial charge on any atom is -0.393 e. The van der Waals surface area contributed by atoms with Crippen LogP contribution in [0.3, 0.4) is 0 Å². The molecule has 0 saturated carbocycles. The van der Waals surface area contributed by atoms with Crippen LogP contribution in [0.5, 0.6) is 0 Å². The summed E-state index contributed by atoms with van der Waals surface area (Å²) in [7, 11) is 0. The molecule has 84 valence electrons. The number of rotatable bonds is 5. The minimum atomic E-state index is -0.451. The van der Waals surface area contributed by atoms with Crippen LogP contribution in [0.2, 0.25) is 0 Å². The number of thioether (sulfide) groups is 1. The SMILES string of the molecule is CSCCC(O)Cc1ccc(Br)cc1F. The van der Waals surface area contributed by atoms with Crippen molar-refractivity contribution < 1.29 is 9.50 Å². The summed E-state index contributed by atoms with van der Waals surface area (Å²) < 4.78 is 14.1. The molecule has 0 spiro atoms. The van der Waals surface area contributed by atoms with E-state index in [1.165, 1.54) is 6.07 Å². The Hall–Kier alpha value is -0.0600. The molecule has 1 aromatic rings. The van der Waals surface area contributed by atoms with Gasteiger partial charge in [0.1, 0.15) is 5.82 Å². The first-order chi connectivity index (χ1) is 7.13. The van der Waals surface area contributed by atoms with E-state index in [2.05, 4.69) is 15.9 Å². The van der Waals surface area contributed by atoms with Crippen molar-refractivity contribution in [3.63, 3.8) is 0 Å². The van der Waals surface area contributed by atoms with E-state index in [0.29, 0.717) is 18.4 Å². The fourth-order valence-electron chi connectivity index (χ4n) is 1.30. The standard InChI is InChI=1S/C11H14BrFOS/c1-15-5-4-10(14)6-8-2-3-9(12)7-11(8)13/h2-3,7,10,14H,4-6H2,1H3. The van der Waals surface area contributed by atoms with Crippen molar-refractivity contribution in [3.05, 3.63) is 34.1 Å². The summed E-state index contributed by atoms with van der Waals surface area (Å²) in [6, 6.07) is 4.93. The van der Waals surface area contributed by atoms with Gasteiger partial charge in [0, 0.05) is 10.9 Å². The Morgan fingerprint density at radius 2 is 2.27 bits per heavy atom. The Labute approximate surface area is 102 Å². The third-order valence-electron chi connectivity index (χ3n) is 2.13. The molecule has 1 rings (SSSR count). The van der Waals surface area contributed by atoms with Gasteiger partial charge in [0.15, 0.2) is 0 Å². The topological polar surface area (TPSA) is 20.2 Å². The third kappa shape index (κ3) is 4.53. The highest BCUT2D eigenvalue weighted by Crippen LogP contribution is 2.17. The van der Waals surface area contributed by atoms with Gasteiger partial charge in [0.05, 0.1) is 6.10 Å². The van der Waals surface area contributed by atoms with Crippen LogP contribution < -0.4 is 0 Å². The Balaban J connectivity index is 2.56. The van der Waals surface area contributed by atoms with Gasteiger partial charge in [0.2, 0.25) is 0 Å². The average Bonchev–Trinajstić information content (AvgIpc) is 2.19. The maximum Gasteiger partial charge on any atom is 0.127 e. The number of aliphatic hydroxyl groups is 1. The summed E-state index contributed by atoms with van der Waals surface area (Å²) >= 11 is 4.88. The Morgan fingerprint density at radius 3 is 2.87 bits per heavy atom. The zero-order valence-electron chi connectivity index (χ0n) is 8.54. The van der Waals surface area contributed by atoms with E-state index >= 15 is 0 Å². The maximum absolute atomic E-state index is 13.4. The Kier molecular flexibility index (Phi) is 5.64. The highest BCUT2D eigenvalue weighted by molar-refractivity contribution is 9.10. The first kappa shape index (κ1) is 13.0. The van der Waals surface area contributed by atoms with Crippen LogP contribution in [0, 0.1) is 5.82 Å². The van der Waals surface area contributed by atoms with Gasteiger partial charge in [-0.1, -0.05) is 22.0 Å². The molecule has 0 aliphatic carbocycles. The molecule has 1 aromatic carbocycles. The molecule has 0 aliphatic heterocycles. The van der Waals surface area contributed by atoms with E-state index in [4.69, 9.17) is 0 Å². The van der Waals surface area contributed by atoms with Crippen LogP contribution in [0.1, 0.15) is 12.0 Å². The number of halogens is 2. The highest BCUT2D eigenvalue weighted by Gasteiger charge is 2.09. The fraction of sp³-hybridized carbons (Fsp3) is 0.455. The van der Waals surface area contributed by atoms with Crippen molar-refractivity contribution in [2.45, 2.75) is 18.9 Å². The lowest BCUT2D eigenvalue weighted by Gasteiger charge is -2.10. The predicted octanol–water partition coefficient (Wildman–Crippen LogP) is 3.24. The van der Waals surface area contributed by atoms with E-state index in [1.54, 1.807) is 23.9 Å². The van der Waals surface area contributed by atoms with E-state index in [1.807, 2.05) is 6.26 Å². The second-order valence-electron chi connectivity index (χ2n) is 3.38. The average molecular weight is 293 g/mol. The lowest BCUT2D eigenvalue weighted by molar-refractivity contribution is 0.171. The van der Waals surface area contributed by atoms with Gasteiger partial charge < -0.3 is 5.11 Å². The third-order valence-corrected chi connectivity index (χ3v) is 3.26. The van der Waals surface area contributed by atoms with Crippen molar-refractivity contribution in [2.75, 3.05) is 12.0 Å². The van der Waals surface area contributed by atoms with Crippen molar-refractivity contribution in [3.8, 4) is 0 Å². The van der Waals surface area contributed by atoms with E-state index in [9.17, 15) is 9.50 Å². The molecule has 0 aromatic heterocycles. The summed E-state index contributed by atoms with van der Waals surface area (Å²) in [5.74, 6) is 0.645. The molecule has 0 amide bonds. The first-order valence-electron chi connectivity index (χ1n) is 4.74. The second-order valence-corrected chi connectivity index (χ2v) is 5.28. The van der Waals surface area contributed by atoms with Crippen molar-refractivity contribution in [1.82, 2.24) is 0 Å². The van der Waals surface area contributed by atoms with Crippen LogP contribution in [-0.2, 0) is 6.42 Å². The lowest BCUT2D eigenvalue weighted by atomic mass is 10.1. The zero-order valence-corrected chi connectivity index (χ0v) is 10.9. The van der Waals surface area contributed by atoms with Crippen molar-refractivity contribution >= 4 is 27.7 Å². The molecular formula is C11H14BrFOS. The fourth-order valence-corrected chi connectivity index (χ4v) is 2.14. The van der Waals surface area contributed by atoms with Crippen LogP contribution in [0.4, 0.5) is 4.39 Å². The van der Waals surface area contributed by atoms with Gasteiger partial charge >= 0.3 is 0 Å². The first-order valence-corrected chi connectivity index (χ1v) is 6.93. The number of hydrogen-bond donors (Lipinski definition) is 1. The second kappa shape index (κ2) is 6.51. The molecule has 0 radical (unpaired) electrons. The predicted molar refractivity (Wildman–Crippen MR) is 66.8 cm³/mol. The summed E-state index contributed by atoms with van der Waals surface area (Å²) in [6.07, 6.45) is 2.64. The monoisotopic (exact) mass is 292 g/mol. The van der Waals surface area contributed by atoms with Gasteiger partial charge in [-0.25, -0.2) is 4.39 Å². The molecule has 0 bridgehead atoms. The summed E-state index contributed by atoms with van der Waals surface area (Å²) in [4.78, 5) is 0. The minimum absolute atomic E-state index is 0.257. The largest absolute Gasteiger partial charge is 0.393 e. The molecule has 1 nitrogen and oxygen atoms in total. The van der Waals surface area contributed by atoms with Crippen LogP contribution in [0.15, 0.2) is 22.7 Å². The van der Waals surface area contributed by atoms with Gasteiger partial charge in [-0.05, 0) is 36.1 Å². The molecular weight excluding hydrogens is 279 g/mol. The summed E-state index contributed by atoms with van der Waals surface area (Å²) in [5, 5.41) is 9.64. The molecule has 0 fully saturated rings. The molecule has 0 aliphatic rings. The van der Waals surface area contributed by atoms with Crippen LogP contribution >= 0.6 is 27.7 Å². The van der Waals surface area contributed by atoms with Crippen molar-refractivity contribution in [1.29, 1.82) is 0 Å². The van der Waals surface area contributed by atoms with Gasteiger partial charge in [0.25, 0.3) is 0 Å². The van der Waals surface area contributed by atoms with Gasteiger partial charge in [-0.3, -0.25) is 0 Å². The number of aliphatic hydroxyl groups excluding tert-OH is 1. The van der Waals surface area contributed by atoms with E-state index in [-0.39, 0.29) is 5.82 Å². The number of benzene rings is 1. The number of hydrogen-bond acceptors (Lipinski definition) is 2. The van der Waals surface area contributed by atoms with Crippen molar-refractivity contribution in [2.24, 2.45) is 0 Å². The molecule has 0 saturated heterocycles. The summed E-state index contributed by atoms with van der Waals surface area (Å²) in [5.41, 5.74) is 0.576. The zero-order chi connectivity index (χ0) is 11.3. The Morgan fingerprint density at radius 1 is 1.53 bits per heavy atom. The molecule has 4 heteroatoms. The van der Waals surface area contributed by atoms with Gasteiger partial charge in [-0.15, -0.1) is 0 Å². The van der Waals surface area contributed by atoms with E-state index in [0.717, 1.165) is 10.2 Å². The smallest absolute Gasteiger partial charge is 0.127 e. The summed E-state index contributed by atoms with van der Waals surface area (Å²) in [6.45, 7) is 0. The van der Waals surface area contributed by atoms with E-state index < -0.39 is 6.10 Å². The molecule has 1 unspecified atom stereocenters. The van der Waals surface area contributed by atoms with Crippen LogP contribution in [0.25, 0.3) is 0 Å². The normalized spacial score (nSPS) is 12.8. The molecule has 0 heterocycles.